The molecule has 4 rings (SSSR count). The molecule has 0 bridgehead atoms. The molecule has 1 aromatic heterocycles. The van der Waals surface area contributed by atoms with Gasteiger partial charge in [-0.3, -0.25) is 4.90 Å². The number of aryl methyl sites for hydroxylation is 1. The van der Waals surface area contributed by atoms with Crippen molar-refractivity contribution >= 4 is 16.9 Å². The van der Waals surface area contributed by atoms with Crippen molar-refractivity contribution in [3.05, 3.63) is 35.5 Å². The van der Waals surface area contributed by atoms with Crippen molar-refractivity contribution < 1.29 is 4.79 Å². The first-order chi connectivity index (χ1) is 12.2. The molecule has 2 fully saturated rings. The predicted octanol–water partition coefficient (Wildman–Crippen LogP) is 2.90. The molecule has 2 saturated heterocycles. The van der Waals surface area contributed by atoms with Crippen molar-refractivity contribution in [1.29, 1.82) is 0 Å². The Hall–Kier alpha value is -2.01. The second-order valence-corrected chi connectivity index (χ2v) is 7.48. The average molecular weight is 340 g/mol. The fraction of sp³-hybridized carbons (Fsp3) is 0.550. The topological polar surface area (TPSA) is 51.4 Å². The number of fused-ring (bicyclic) bond motifs is 1. The number of rotatable bonds is 4. The van der Waals surface area contributed by atoms with Crippen LogP contribution >= 0.6 is 0 Å². The molecule has 0 spiro atoms. The Morgan fingerprint density at radius 2 is 2.12 bits per heavy atom. The van der Waals surface area contributed by atoms with Gasteiger partial charge < -0.3 is 15.2 Å². The summed E-state index contributed by atoms with van der Waals surface area (Å²) in [6.45, 7) is 6.98. The van der Waals surface area contributed by atoms with E-state index in [2.05, 4.69) is 46.5 Å². The minimum Gasteiger partial charge on any atom is -0.361 e. The summed E-state index contributed by atoms with van der Waals surface area (Å²) in [4.78, 5) is 20.3. The summed E-state index contributed by atoms with van der Waals surface area (Å²) >= 11 is 0. The van der Waals surface area contributed by atoms with Crippen LogP contribution in [0.2, 0.25) is 0 Å². The van der Waals surface area contributed by atoms with Crippen molar-refractivity contribution in [1.82, 2.24) is 20.1 Å². The fourth-order valence-electron chi connectivity index (χ4n) is 4.25. The first kappa shape index (κ1) is 16.5. The van der Waals surface area contributed by atoms with E-state index in [1.807, 2.05) is 4.90 Å². The molecular formula is C20H28N4O. The zero-order valence-electron chi connectivity index (χ0n) is 15.1. The van der Waals surface area contributed by atoms with E-state index in [4.69, 9.17) is 0 Å². The van der Waals surface area contributed by atoms with Gasteiger partial charge in [0.2, 0.25) is 0 Å². The Morgan fingerprint density at radius 3 is 2.96 bits per heavy atom. The number of likely N-dealkylation sites (tertiary alicyclic amines) is 2. The van der Waals surface area contributed by atoms with Crippen molar-refractivity contribution in [2.75, 3.05) is 32.7 Å². The zero-order valence-corrected chi connectivity index (χ0v) is 15.1. The Bertz CT molecular complexity index is 747. The van der Waals surface area contributed by atoms with E-state index in [-0.39, 0.29) is 6.03 Å². The number of H-pyrrole nitrogens is 1. The molecule has 2 aliphatic rings. The molecule has 1 atom stereocenters. The second kappa shape index (κ2) is 7.08. The molecule has 2 N–H and O–H groups in total. The lowest BCUT2D eigenvalue weighted by molar-refractivity contribution is 0.199. The van der Waals surface area contributed by atoms with Crippen molar-refractivity contribution in [3.8, 4) is 0 Å². The molecular weight excluding hydrogens is 312 g/mol. The minimum atomic E-state index is 0.0948. The first-order valence-electron chi connectivity index (χ1n) is 9.54. The van der Waals surface area contributed by atoms with Crippen LogP contribution in [0.15, 0.2) is 24.4 Å². The molecule has 2 amide bonds. The van der Waals surface area contributed by atoms with E-state index < -0.39 is 0 Å². The lowest BCUT2D eigenvalue weighted by atomic mass is 10.1. The third-order valence-electron chi connectivity index (χ3n) is 5.70. The minimum absolute atomic E-state index is 0.0948. The number of urea groups is 1. The Balaban J connectivity index is 1.27. The number of nitrogens with zero attached hydrogens (tertiary/aromatic N) is 2. The molecule has 2 aromatic rings. The van der Waals surface area contributed by atoms with Gasteiger partial charge in [0.05, 0.1) is 0 Å². The lowest BCUT2D eigenvalue weighted by Gasteiger charge is -2.23. The van der Waals surface area contributed by atoms with Crippen LogP contribution in [0, 0.1) is 6.92 Å². The van der Waals surface area contributed by atoms with Gasteiger partial charge in [-0.2, -0.15) is 0 Å². The highest BCUT2D eigenvalue weighted by atomic mass is 16.2. The summed E-state index contributed by atoms with van der Waals surface area (Å²) in [7, 11) is 0. The van der Waals surface area contributed by atoms with Gasteiger partial charge in [-0.05, 0) is 62.9 Å². The summed E-state index contributed by atoms with van der Waals surface area (Å²) in [5.41, 5.74) is 3.71. The van der Waals surface area contributed by atoms with E-state index in [0.29, 0.717) is 12.6 Å². The van der Waals surface area contributed by atoms with E-state index in [1.54, 1.807) is 0 Å². The lowest BCUT2D eigenvalue weighted by Crippen LogP contribution is -2.42. The molecule has 5 nitrogen and oxygen atoms in total. The summed E-state index contributed by atoms with van der Waals surface area (Å²) in [6.07, 6.45) is 6.67. The number of hydrogen-bond acceptors (Lipinski definition) is 2. The summed E-state index contributed by atoms with van der Waals surface area (Å²) in [5.74, 6) is 0. The van der Waals surface area contributed by atoms with Crippen LogP contribution in [0.5, 0.6) is 0 Å². The van der Waals surface area contributed by atoms with Gasteiger partial charge >= 0.3 is 6.03 Å². The van der Waals surface area contributed by atoms with Crippen LogP contribution in [-0.4, -0.2) is 59.6 Å². The van der Waals surface area contributed by atoms with Gasteiger partial charge in [-0.1, -0.05) is 12.1 Å². The number of amides is 2. The van der Waals surface area contributed by atoms with Crippen molar-refractivity contribution in [3.63, 3.8) is 0 Å². The molecule has 0 radical (unpaired) electrons. The predicted molar refractivity (Wildman–Crippen MR) is 101 cm³/mol. The maximum Gasteiger partial charge on any atom is 0.317 e. The highest BCUT2D eigenvalue weighted by Gasteiger charge is 2.31. The number of nitrogens with one attached hydrogen (secondary N) is 2. The quantitative estimate of drug-likeness (QED) is 0.899. The maximum absolute atomic E-state index is 12.4. The molecule has 0 aliphatic carbocycles. The normalized spacial score (nSPS) is 21.3. The zero-order chi connectivity index (χ0) is 17.2. The third-order valence-corrected chi connectivity index (χ3v) is 5.70. The molecule has 134 valence electrons. The van der Waals surface area contributed by atoms with Crippen LogP contribution < -0.4 is 5.32 Å². The van der Waals surface area contributed by atoms with Gasteiger partial charge in [-0.15, -0.1) is 0 Å². The van der Waals surface area contributed by atoms with Gasteiger partial charge in [0.1, 0.15) is 0 Å². The van der Waals surface area contributed by atoms with Gasteiger partial charge in [0.25, 0.3) is 0 Å². The SMILES string of the molecule is Cc1ccc2c(CCNC(=O)N3CC[C@@H](N4CCCC4)C3)c[nH]c2c1. The smallest absolute Gasteiger partial charge is 0.317 e. The monoisotopic (exact) mass is 340 g/mol. The van der Waals surface area contributed by atoms with Crippen molar-refractivity contribution in [2.24, 2.45) is 0 Å². The highest BCUT2D eigenvalue weighted by Crippen LogP contribution is 2.21. The number of aromatic amines is 1. The highest BCUT2D eigenvalue weighted by molar-refractivity contribution is 5.84. The molecule has 0 unspecified atom stereocenters. The maximum atomic E-state index is 12.4. The number of aromatic nitrogens is 1. The average Bonchev–Trinajstić information content (AvgIpc) is 3.35. The summed E-state index contributed by atoms with van der Waals surface area (Å²) in [5, 5.41) is 4.36. The molecule has 25 heavy (non-hydrogen) atoms. The third kappa shape index (κ3) is 3.52. The van der Waals surface area contributed by atoms with Gasteiger partial charge in [-0.25, -0.2) is 4.79 Å². The summed E-state index contributed by atoms with van der Waals surface area (Å²) in [6, 6.07) is 7.14. The van der Waals surface area contributed by atoms with Crippen molar-refractivity contribution in [2.45, 2.75) is 38.6 Å². The molecule has 5 heteroatoms. The number of benzene rings is 1. The van der Waals surface area contributed by atoms with E-state index >= 15 is 0 Å². The Kier molecular flexibility index (Phi) is 4.66. The largest absolute Gasteiger partial charge is 0.361 e. The molecule has 0 saturated carbocycles. The fourth-order valence-corrected chi connectivity index (χ4v) is 4.25. The van der Waals surface area contributed by atoms with Crippen LogP contribution in [0.3, 0.4) is 0 Å². The Morgan fingerprint density at radius 1 is 1.28 bits per heavy atom. The molecule has 2 aliphatic heterocycles. The Labute approximate surface area is 149 Å². The summed E-state index contributed by atoms with van der Waals surface area (Å²) < 4.78 is 0. The standard InChI is InChI=1S/C20H28N4O/c1-15-4-5-18-16(13-22-19(18)12-15)6-8-21-20(25)24-11-7-17(14-24)23-9-2-3-10-23/h4-5,12-13,17,22H,2-3,6-11,14H2,1H3,(H,21,25)/t17-/m1/s1. The van der Waals surface area contributed by atoms with E-state index in [1.165, 1.54) is 48.0 Å². The van der Waals surface area contributed by atoms with Crippen LogP contribution in [0.4, 0.5) is 4.79 Å². The van der Waals surface area contributed by atoms with Gasteiger partial charge in [0.15, 0.2) is 0 Å². The van der Waals surface area contributed by atoms with E-state index in [0.717, 1.165) is 25.9 Å². The second-order valence-electron chi connectivity index (χ2n) is 7.48. The number of carbonyl (C=O) groups excluding carboxylic acids is 1. The molecule has 3 heterocycles. The number of carbonyl (C=O) groups is 1. The van der Waals surface area contributed by atoms with Gasteiger partial charge in [0, 0.05) is 42.8 Å². The van der Waals surface area contributed by atoms with Crippen LogP contribution in [0.1, 0.15) is 30.4 Å². The van der Waals surface area contributed by atoms with E-state index in [9.17, 15) is 4.79 Å². The first-order valence-corrected chi connectivity index (χ1v) is 9.54. The molecule has 1 aromatic carbocycles. The number of hydrogen-bond donors (Lipinski definition) is 2. The van der Waals surface area contributed by atoms with Crippen LogP contribution in [-0.2, 0) is 6.42 Å². The van der Waals surface area contributed by atoms with Crippen LogP contribution in [0.25, 0.3) is 10.9 Å².